The van der Waals surface area contributed by atoms with E-state index in [1.807, 2.05) is 45.0 Å². The number of carbonyl (C=O) groups excluding carboxylic acids is 3. The summed E-state index contributed by atoms with van der Waals surface area (Å²) in [6, 6.07) is 7.53. The van der Waals surface area contributed by atoms with Gasteiger partial charge in [0.25, 0.3) is 12.3 Å². The summed E-state index contributed by atoms with van der Waals surface area (Å²) < 4.78 is 52.8. The highest BCUT2D eigenvalue weighted by atomic mass is 32.1. The van der Waals surface area contributed by atoms with Crippen LogP contribution in [0.3, 0.4) is 0 Å². The molecule has 2 aliphatic rings. The number of nitrogens with zero attached hydrogens (tertiary/aromatic N) is 4. The van der Waals surface area contributed by atoms with Crippen LogP contribution < -0.4 is 10.7 Å². The van der Waals surface area contributed by atoms with Crippen LogP contribution in [-0.2, 0) is 41.5 Å². The number of hydrogen-bond acceptors (Lipinski definition) is 11. The van der Waals surface area contributed by atoms with E-state index in [1.54, 1.807) is 39.5 Å². The van der Waals surface area contributed by atoms with Gasteiger partial charge in [0, 0.05) is 59.2 Å². The molecule has 16 heteroatoms. The number of hydrazine groups is 1. The number of amides is 2. The standard InChI is InChI=1S/C41H52F2N6O7S/c1-9-48-30-15-14-24-18-26(30)27(34(48)25-12-10-16-44-32(25)23(2)53-8)19-41(6,7)22-55-38(51)28-13-11-17-49(47-28)37(50)33(46-39(52)56-40(3,4)5)35(54-20-31(42)43)36-45-29(24)21-57-36/h10,12,14-16,18,21,23,28,31,33,35,47H,9,11,13,17,19-20,22H2,1-8H3,(H,46,52)/t23-,28-,33-,35-/m0/s1. The molecule has 5 heterocycles. The van der Waals surface area contributed by atoms with E-state index >= 15 is 0 Å². The van der Waals surface area contributed by atoms with Crippen LogP contribution in [0.4, 0.5) is 13.6 Å². The second kappa shape index (κ2) is 17.1. The third-order valence-corrected chi connectivity index (χ3v) is 10.9. The Bertz CT molecular complexity index is 2100. The molecular weight excluding hydrogens is 759 g/mol. The summed E-state index contributed by atoms with van der Waals surface area (Å²) >= 11 is 1.12. The molecule has 3 aromatic heterocycles. The number of alkyl halides is 2. The zero-order chi connectivity index (χ0) is 41.2. The number of rotatable bonds is 8. The molecule has 0 spiro atoms. The number of nitrogens with one attached hydrogen (secondary N) is 2. The molecule has 6 bridgehead atoms. The van der Waals surface area contributed by atoms with E-state index in [-0.39, 0.29) is 24.3 Å². The van der Waals surface area contributed by atoms with Gasteiger partial charge in [-0.25, -0.2) is 24.0 Å². The second-order valence-electron chi connectivity index (χ2n) is 16.2. The van der Waals surface area contributed by atoms with E-state index < -0.39 is 60.2 Å². The SMILES string of the molecule is CCn1c(-c2cccnc2[C@H](C)OC)c2c3cc(ccc31)-c1csc(n1)[C@@H](OCC(F)F)[C@H](NC(=O)OC(C)(C)C)C(=O)N1CCC[C@H](N1)C(=O)OCC(C)(C)C2. The largest absolute Gasteiger partial charge is 0.464 e. The van der Waals surface area contributed by atoms with Gasteiger partial charge in [0.15, 0.2) is 0 Å². The lowest BCUT2D eigenvalue weighted by atomic mass is 9.84. The number of aromatic nitrogens is 3. The van der Waals surface area contributed by atoms with Gasteiger partial charge >= 0.3 is 12.1 Å². The van der Waals surface area contributed by atoms with Crippen molar-refractivity contribution in [1.82, 2.24) is 30.3 Å². The summed E-state index contributed by atoms with van der Waals surface area (Å²) in [4.78, 5) is 50.9. The highest BCUT2D eigenvalue weighted by molar-refractivity contribution is 7.10. The first-order valence-corrected chi connectivity index (χ1v) is 20.1. The number of carbonyl (C=O) groups is 3. The maximum atomic E-state index is 14.4. The van der Waals surface area contributed by atoms with E-state index in [0.717, 1.165) is 50.3 Å². The van der Waals surface area contributed by atoms with E-state index in [1.165, 1.54) is 5.01 Å². The number of hydrogen-bond donors (Lipinski definition) is 2. The molecular formula is C41H52F2N6O7S. The molecule has 2 amide bonds. The van der Waals surface area contributed by atoms with Gasteiger partial charge in [-0.1, -0.05) is 19.9 Å². The van der Waals surface area contributed by atoms with Crippen LogP contribution in [0.1, 0.15) is 89.8 Å². The molecule has 1 aromatic carbocycles. The third kappa shape index (κ3) is 9.46. The van der Waals surface area contributed by atoms with Crippen molar-refractivity contribution >= 4 is 40.2 Å². The zero-order valence-electron chi connectivity index (χ0n) is 33.7. The fourth-order valence-electron chi connectivity index (χ4n) is 7.37. The molecule has 0 saturated carbocycles. The number of methoxy groups -OCH3 is 1. The lowest BCUT2D eigenvalue weighted by molar-refractivity contribution is -0.156. The van der Waals surface area contributed by atoms with Crippen molar-refractivity contribution in [2.75, 3.05) is 26.9 Å². The fraction of sp³-hybridized carbons (Fsp3) is 0.537. The number of thiazole rings is 1. The molecule has 1 saturated heterocycles. The smallest absolute Gasteiger partial charge is 0.408 e. The summed E-state index contributed by atoms with van der Waals surface area (Å²) in [5.41, 5.74) is 7.45. The van der Waals surface area contributed by atoms with Crippen LogP contribution in [0, 0.1) is 5.41 Å². The average Bonchev–Trinajstić information content (AvgIpc) is 3.77. The first-order valence-electron chi connectivity index (χ1n) is 19.2. The van der Waals surface area contributed by atoms with Crippen molar-refractivity contribution in [3.05, 3.63) is 58.2 Å². The molecule has 2 N–H and O–H groups in total. The Morgan fingerprint density at radius 2 is 1.98 bits per heavy atom. The third-order valence-electron chi connectivity index (χ3n) is 10.0. The zero-order valence-corrected chi connectivity index (χ0v) is 34.5. The maximum Gasteiger partial charge on any atom is 0.408 e. The number of pyridine rings is 1. The van der Waals surface area contributed by atoms with Crippen molar-refractivity contribution in [3.8, 4) is 22.5 Å². The molecule has 13 nitrogen and oxygen atoms in total. The summed E-state index contributed by atoms with van der Waals surface area (Å²) in [5, 5.41) is 6.72. The highest BCUT2D eigenvalue weighted by Gasteiger charge is 2.41. The minimum atomic E-state index is -2.88. The minimum absolute atomic E-state index is 0.0755. The number of benzene rings is 1. The minimum Gasteiger partial charge on any atom is -0.464 e. The Balaban J connectivity index is 1.55. The van der Waals surface area contributed by atoms with Gasteiger partial charge in [0.2, 0.25) is 0 Å². The average molecular weight is 811 g/mol. The number of fused-ring (bicyclic) bond motifs is 6. The highest BCUT2D eigenvalue weighted by Crippen LogP contribution is 2.42. The van der Waals surface area contributed by atoms with Gasteiger partial charge in [-0.2, -0.15) is 0 Å². The summed E-state index contributed by atoms with van der Waals surface area (Å²) in [7, 11) is 1.65. The van der Waals surface area contributed by atoms with Crippen molar-refractivity contribution < 1.29 is 42.1 Å². The van der Waals surface area contributed by atoms with E-state index in [9.17, 15) is 23.2 Å². The number of halogens is 2. The van der Waals surface area contributed by atoms with Gasteiger partial charge < -0.3 is 28.8 Å². The van der Waals surface area contributed by atoms with Crippen molar-refractivity contribution in [2.45, 2.75) is 111 Å². The predicted octanol–water partition coefficient (Wildman–Crippen LogP) is 7.39. The topological polar surface area (TPSA) is 146 Å². The molecule has 0 aliphatic carbocycles. The molecule has 57 heavy (non-hydrogen) atoms. The Kier molecular flexibility index (Phi) is 12.7. The molecule has 4 atom stereocenters. The van der Waals surface area contributed by atoms with E-state index in [4.69, 9.17) is 28.9 Å². The maximum absolute atomic E-state index is 14.4. The van der Waals surface area contributed by atoms with Crippen molar-refractivity contribution in [3.63, 3.8) is 0 Å². The van der Waals surface area contributed by atoms with Gasteiger partial charge in [-0.3, -0.25) is 19.6 Å². The monoisotopic (exact) mass is 810 g/mol. The number of alkyl carbamates (subject to hydrolysis) is 1. The van der Waals surface area contributed by atoms with Gasteiger partial charge in [0.1, 0.15) is 35.4 Å². The quantitative estimate of drug-likeness (QED) is 0.173. The Morgan fingerprint density at radius 3 is 2.68 bits per heavy atom. The first kappa shape index (κ1) is 42.1. The summed E-state index contributed by atoms with van der Waals surface area (Å²) in [6.07, 6.45) is -2.48. The Morgan fingerprint density at radius 1 is 1.21 bits per heavy atom. The van der Waals surface area contributed by atoms with Gasteiger partial charge in [0.05, 0.1) is 29.8 Å². The normalized spacial score (nSPS) is 21.0. The van der Waals surface area contributed by atoms with Crippen LogP contribution in [0.2, 0.25) is 0 Å². The lowest BCUT2D eigenvalue weighted by Gasteiger charge is -2.37. The van der Waals surface area contributed by atoms with Crippen LogP contribution >= 0.6 is 11.3 Å². The fourth-order valence-corrected chi connectivity index (χ4v) is 8.28. The number of cyclic esters (lactones) is 1. The molecule has 0 unspecified atom stereocenters. The lowest BCUT2D eigenvalue weighted by Crippen LogP contribution is -2.61. The summed E-state index contributed by atoms with van der Waals surface area (Å²) in [6.45, 7) is 13.0. The number of esters is 1. The first-order chi connectivity index (χ1) is 27.0. The molecule has 1 fully saturated rings. The second-order valence-corrected chi connectivity index (χ2v) is 17.1. The van der Waals surface area contributed by atoms with Crippen LogP contribution in [-0.4, -0.2) is 88.5 Å². The number of aryl methyl sites for hydroxylation is 1. The molecule has 6 rings (SSSR count). The van der Waals surface area contributed by atoms with Gasteiger partial charge in [-0.15, -0.1) is 11.3 Å². The molecule has 0 radical (unpaired) electrons. The Hall–Kier alpha value is -4.51. The van der Waals surface area contributed by atoms with E-state index in [0.29, 0.717) is 31.5 Å². The van der Waals surface area contributed by atoms with Crippen LogP contribution in [0.25, 0.3) is 33.4 Å². The van der Waals surface area contributed by atoms with Gasteiger partial charge in [-0.05, 0) is 83.7 Å². The molecule has 308 valence electrons. The van der Waals surface area contributed by atoms with Crippen molar-refractivity contribution in [2.24, 2.45) is 5.41 Å². The van der Waals surface area contributed by atoms with Crippen LogP contribution in [0.5, 0.6) is 0 Å². The molecule has 4 aromatic rings. The van der Waals surface area contributed by atoms with Crippen LogP contribution in [0.15, 0.2) is 41.9 Å². The summed E-state index contributed by atoms with van der Waals surface area (Å²) in [5.74, 6) is -1.26. The van der Waals surface area contributed by atoms with Crippen molar-refractivity contribution in [1.29, 1.82) is 0 Å². The number of ether oxygens (including phenoxy) is 4. The Labute approximate surface area is 335 Å². The molecule has 2 aliphatic heterocycles. The van der Waals surface area contributed by atoms with E-state index in [2.05, 4.69) is 28.3 Å². The predicted molar refractivity (Wildman–Crippen MR) is 212 cm³/mol.